The van der Waals surface area contributed by atoms with E-state index in [-0.39, 0.29) is 0 Å². The van der Waals surface area contributed by atoms with Crippen molar-refractivity contribution in [3.63, 3.8) is 0 Å². The summed E-state index contributed by atoms with van der Waals surface area (Å²) in [6, 6.07) is 8.34. The number of hydrogen-bond donors (Lipinski definition) is 2. The smallest absolute Gasteiger partial charge is 0.281 e. The first-order valence-electron chi connectivity index (χ1n) is 9.64. The third kappa shape index (κ3) is 8.40. The first-order valence-corrected chi connectivity index (χ1v) is 12.5. The predicted molar refractivity (Wildman–Crippen MR) is 112 cm³/mol. The second-order valence-electron chi connectivity index (χ2n) is 6.98. The van der Waals surface area contributed by atoms with E-state index in [0.29, 0.717) is 0 Å². The molecule has 0 spiro atoms. The Labute approximate surface area is 199 Å². The molecule has 0 aliphatic carbocycles. The maximum atomic E-state index is 12.4. The van der Waals surface area contributed by atoms with Crippen molar-refractivity contribution < 1.29 is 61.4 Å². The zero-order valence-electron chi connectivity index (χ0n) is 19.0. The zero-order valence-corrected chi connectivity index (χ0v) is 20.7. The molecule has 0 saturated heterocycles. The van der Waals surface area contributed by atoms with Crippen molar-refractivity contribution in [2.24, 2.45) is 0 Å². The van der Waals surface area contributed by atoms with Crippen molar-refractivity contribution in [3.8, 4) is 0 Å². The van der Waals surface area contributed by atoms with Crippen LogP contribution in [0, 0.1) is 13.8 Å². The number of aryl methyl sites for hydroxylation is 4. The van der Waals surface area contributed by atoms with E-state index in [1.54, 1.807) is 0 Å². The van der Waals surface area contributed by atoms with Gasteiger partial charge in [-0.2, -0.15) is 43.2 Å². The number of aromatic nitrogens is 2. The summed E-state index contributed by atoms with van der Waals surface area (Å²) >= 11 is 0. The molecule has 8 nitrogen and oxygen atoms in total. The summed E-state index contributed by atoms with van der Waals surface area (Å²) in [5.74, 6) is -7.08. The third-order valence-corrected chi connectivity index (χ3v) is 5.93. The lowest BCUT2D eigenvalue weighted by Crippen LogP contribution is -2.60. The first-order chi connectivity index (χ1) is 15.7. The number of halogens is 6. The van der Waals surface area contributed by atoms with Gasteiger partial charge in [0.05, 0.1) is 0 Å². The molecule has 2 rings (SSSR count). The minimum atomic E-state index is -7.08. The van der Waals surface area contributed by atoms with Crippen molar-refractivity contribution in [3.05, 3.63) is 60.2 Å². The van der Waals surface area contributed by atoms with Crippen molar-refractivity contribution in [1.82, 2.24) is 0 Å². The monoisotopic (exact) mass is 556 g/mol. The molecule has 0 aromatic carbocycles. The predicted octanol–water partition coefficient (Wildman–Crippen LogP) is 3.19. The van der Waals surface area contributed by atoms with E-state index in [0.717, 1.165) is 13.1 Å². The summed E-state index contributed by atoms with van der Waals surface area (Å²) in [5.41, 5.74) is 2.64. The van der Waals surface area contributed by atoms with E-state index in [9.17, 15) is 43.2 Å². The average Bonchev–Trinajstić information content (AvgIpc) is 2.72. The molecule has 2 aromatic heterocycles. The molecule has 0 saturated carbocycles. The van der Waals surface area contributed by atoms with Crippen LogP contribution in [0.5, 0.6) is 0 Å². The van der Waals surface area contributed by atoms with Gasteiger partial charge in [0, 0.05) is 23.3 Å². The lowest BCUT2D eigenvalue weighted by atomic mass is 10.3. The Kier molecular flexibility index (Phi) is 11.3. The molecule has 2 N–H and O–H groups in total. The number of pyridine rings is 2. The highest BCUT2D eigenvalue weighted by molar-refractivity contribution is 7.88. The normalized spacial score (nSPS) is 12.7. The van der Waals surface area contributed by atoms with Crippen molar-refractivity contribution in [2.45, 2.75) is 57.2 Å². The number of rotatable bonds is 6. The molecule has 0 aliphatic heterocycles. The largest absolute Gasteiger partial charge is 0.439 e. The van der Waals surface area contributed by atoms with E-state index in [1.807, 2.05) is 0 Å². The topological polar surface area (TPSA) is 116 Å². The lowest BCUT2D eigenvalue weighted by Gasteiger charge is -2.28. The molecule has 35 heavy (non-hydrogen) atoms. The van der Waals surface area contributed by atoms with Gasteiger partial charge in [-0.15, -0.1) is 0 Å². The van der Waals surface area contributed by atoms with Gasteiger partial charge in [-0.3, -0.25) is 9.11 Å². The van der Waals surface area contributed by atoms with E-state index >= 15 is 0 Å². The summed E-state index contributed by atoms with van der Waals surface area (Å²) < 4.78 is 133. The fourth-order valence-electron chi connectivity index (χ4n) is 2.19. The second kappa shape index (κ2) is 12.1. The molecule has 0 bridgehead atoms. The van der Waals surface area contributed by atoms with Crippen LogP contribution in [-0.4, -0.2) is 42.4 Å². The van der Waals surface area contributed by atoms with Gasteiger partial charge in [0.2, 0.25) is 0 Å². The van der Waals surface area contributed by atoms with E-state index < -0.39 is 36.7 Å². The van der Waals surface area contributed by atoms with Crippen LogP contribution in [0.2, 0.25) is 0 Å². The molecule has 200 valence electrons. The minimum absolute atomic E-state index is 1.06. The van der Waals surface area contributed by atoms with Gasteiger partial charge >= 0.3 is 36.7 Å². The first kappa shape index (κ1) is 32.7. The Balaban J connectivity index is 0.000000538. The highest BCUT2D eigenvalue weighted by Gasteiger charge is 2.82. The van der Waals surface area contributed by atoms with E-state index in [4.69, 9.17) is 9.11 Å². The highest BCUT2D eigenvalue weighted by atomic mass is 32.2. The molecular weight excluding hydrogens is 530 g/mol. The Morgan fingerprint density at radius 3 is 1.17 bits per heavy atom. The molecule has 0 aliphatic rings. The van der Waals surface area contributed by atoms with Crippen LogP contribution in [0.15, 0.2) is 49.1 Å². The van der Waals surface area contributed by atoms with Gasteiger partial charge < -0.3 is 0 Å². The maximum Gasteiger partial charge on any atom is 0.439 e. The standard InChI is InChI=1S/2C8H12N.C3H2F6O6S2/c2*1-3-9-6-4-5-8(2)7-9;4-1(5,2(6,7)16(10,11)12)3(8,9)17(13,14)15/h2*4-7H,3H2,1-2H3;(H,10,11,12)(H,13,14,15)/q2*+1;. The average molecular weight is 557 g/mol. The Morgan fingerprint density at radius 1 is 0.714 bits per heavy atom. The van der Waals surface area contributed by atoms with Crippen LogP contribution < -0.4 is 9.13 Å². The van der Waals surface area contributed by atoms with Gasteiger partial charge in [-0.05, 0) is 39.8 Å². The number of alkyl halides is 6. The second-order valence-corrected chi connectivity index (χ2v) is 9.91. The summed E-state index contributed by atoms with van der Waals surface area (Å²) in [5, 5.41) is -13.6. The van der Waals surface area contributed by atoms with E-state index in [2.05, 4.69) is 85.9 Å². The Morgan fingerprint density at radius 2 is 1.00 bits per heavy atom. The van der Waals surface area contributed by atoms with Crippen molar-refractivity contribution in [1.29, 1.82) is 0 Å². The molecule has 0 radical (unpaired) electrons. The summed E-state index contributed by atoms with van der Waals surface area (Å²) in [6.07, 6.45) is 8.43. The Hall–Kier alpha value is -2.30. The molecule has 0 unspecified atom stereocenters. The van der Waals surface area contributed by atoms with Crippen molar-refractivity contribution >= 4 is 20.2 Å². The van der Waals surface area contributed by atoms with Crippen LogP contribution in [0.25, 0.3) is 0 Å². The molecule has 2 aromatic rings. The van der Waals surface area contributed by atoms with Crippen LogP contribution in [0.4, 0.5) is 26.3 Å². The summed E-state index contributed by atoms with van der Waals surface area (Å²) in [7, 11) is -14.1. The number of hydrogen-bond acceptors (Lipinski definition) is 4. The molecular formula is C19H26F6N2O6S2+2. The van der Waals surface area contributed by atoms with Gasteiger partial charge in [0.25, 0.3) is 0 Å². The fourth-order valence-corrected chi connectivity index (χ4v) is 3.16. The van der Waals surface area contributed by atoms with E-state index in [1.165, 1.54) is 11.1 Å². The minimum Gasteiger partial charge on any atom is -0.281 e. The molecule has 2 heterocycles. The summed E-state index contributed by atoms with van der Waals surface area (Å²) in [6.45, 7) is 10.6. The molecule has 0 atom stereocenters. The maximum absolute atomic E-state index is 12.4. The van der Waals surface area contributed by atoms with Gasteiger partial charge in [-0.25, -0.2) is 9.13 Å². The molecule has 0 amide bonds. The quantitative estimate of drug-likeness (QED) is 0.321. The van der Waals surface area contributed by atoms with Crippen molar-refractivity contribution in [2.75, 3.05) is 0 Å². The zero-order chi connectivity index (χ0) is 27.9. The van der Waals surface area contributed by atoms with Gasteiger partial charge in [0.1, 0.15) is 13.1 Å². The summed E-state index contributed by atoms with van der Waals surface area (Å²) in [4.78, 5) is 0. The van der Waals surface area contributed by atoms with Crippen LogP contribution in [0.3, 0.4) is 0 Å². The molecule has 16 heteroatoms. The van der Waals surface area contributed by atoms with Gasteiger partial charge in [-0.1, -0.05) is 0 Å². The number of nitrogens with zero attached hydrogens (tertiary/aromatic N) is 2. The van der Waals surface area contributed by atoms with Crippen LogP contribution in [-0.2, 0) is 33.3 Å². The fraction of sp³-hybridized carbons (Fsp3) is 0.474. The third-order valence-electron chi connectivity index (χ3n) is 4.12. The SMILES string of the molecule is CC[n+]1cccc(C)c1.CC[n+]1cccc(C)c1.O=S(=O)(O)C(F)(F)C(F)(F)C(F)(F)S(=O)(=O)O. The van der Waals surface area contributed by atoms with Crippen LogP contribution >= 0.6 is 0 Å². The van der Waals surface area contributed by atoms with Gasteiger partial charge in [0.15, 0.2) is 24.8 Å². The highest BCUT2D eigenvalue weighted by Crippen LogP contribution is 2.50. The van der Waals surface area contributed by atoms with Crippen LogP contribution in [0.1, 0.15) is 25.0 Å². The lowest BCUT2D eigenvalue weighted by molar-refractivity contribution is -0.694. The Bertz CT molecular complexity index is 1100. The molecule has 0 fully saturated rings.